The van der Waals surface area contributed by atoms with Gasteiger partial charge in [0.05, 0.1) is 23.7 Å². The van der Waals surface area contributed by atoms with Gasteiger partial charge in [-0.2, -0.15) is 11.8 Å². The highest BCUT2D eigenvalue weighted by atomic mass is 35.5. The van der Waals surface area contributed by atoms with Crippen LogP contribution in [0.15, 0.2) is 54.6 Å². The highest BCUT2D eigenvalue weighted by Crippen LogP contribution is 2.23. The SMILES string of the molecule is CSCCC(NC(=O)c1ccccc1Cl)C(=O)N1CCOC(c2ccccc2)C1. The molecule has 0 radical (unpaired) electrons. The summed E-state index contributed by atoms with van der Waals surface area (Å²) < 4.78 is 5.87. The Kier molecular flexibility index (Phi) is 7.98. The number of ether oxygens (including phenoxy) is 1. The topological polar surface area (TPSA) is 58.6 Å². The van der Waals surface area contributed by atoms with Gasteiger partial charge in [0.15, 0.2) is 0 Å². The van der Waals surface area contributed by atoms with Gasteiger partial charge in [0.25, 0.3) is 5.91 Å². The first kappa shape index (κ1) is 21.7. The fourth-order valence-electron chi connectivity index (χ4n) is 3.31. The molecule has 2 amide bonds. The summed E-state index contributed by atoms with van der Waals surface area (Å²) in [4.78, 5) is 27.8. The van der Waals surface area contributed by atoms with Crippen molar-refractivity contribution in [1.82, 2.24) is 10.2 Å². The minimum atomic E-state index is -0.597. The lowest BCUT2D eigenvalue weighted by Crippen LogP contribution is -2.52. The summed E-state index contributed by atoms with van der Waals surface area (Å²) in [5.74, 6) is 0.359. The van der Waals surface area contributed by atoms with Gasteiger partial charge in [-0.15, -0.1) is 0 Å². The van der Waals surface area contributed by atoms with Crippen LogP contribution in [0.1, 0.15) is 28.4 Å². The highest BCUT2D eigenvalue weighted by molar-refractivity contribution is 7.98. The molecule has 0 saturated carbocycles. The molecule has 2 unspecified atom stereocenters. The van der Waals surface area contributed by atoms with Crippen LogP contribution in [0.3, 0.4) is 0 Å². The van der Waals surface area contributed by atoms with Crippen LogP contribution in [0.2, 0.25) is 5.02 Å². The lowest BCUT2D eigenvalue weighted by molar-refractivity contribution is -0.141. The molecule has 2 aromatic carbocycles. The summed E-state index contributed by atoms with van der Waals surface area (Å²) in [6.45, 7) is 1.46. The predicted octanol–water partition coefficient (Wildman–Crippen LogP) is 3.79. The van der Waals surface area contributed by atoms with Crippen molar-refractivity contribution in [3.63, 3.8) is 0 Å². The third-order valence-electron chi connectivity index (χ3n) is 4.88. The van der Waals surface area contributed by atoms with Gasteiger partial charge in [-0.25, -0.2) is 0 Å². The summed E-state index contributed by atoms with van der Waals surface area (Å²) >= 11 is 7.79. The Hall–Kier alpha value is -2.02. The van der Waals surface area contributed by atoms with Gasteiger partial charge in [-0.05, 0) is 36.1 Å². The average molecular weight is 433 g/mol. The smallest absolute Gasteiger partial charge is 0.253 e. The minimum absolute atomic E-state index is 0.0799. The number of hydrogen-bond donors (Lipinski definition) is 1. The zero-order valence-electron chi connectivity index (χ0n) is 16.3. The summed E-state index contributed by atoms with van der Waals surface area (Å²) in [7, 11) is 0. The maximum atomic E-state index is 13.2. The largest absolute Gasteiger partial charge is 0.370 e. The van der Waals surface area contributed by atoms with E-state index in [-0.39, 0.29) is 17.9 Å². The van der Waals surface area contributed by atoms with Gasteiger partial charge in [0.1, 0.15) is 12.1 Å². The molecular weight excluding hydrogens is 408 g/mol. The van der Waals surface area contributed by atoms with E-state index in [9.17, 15) is 9.59 Å². The fourth-order valence-corrected chi connectivity index (χ4v) is 4.01. The number of morpholine rings is 1. The van der Waals surface area contributed by atoms with Crippen LogP contribution < -0.4 is 5.32 Å². The zero-order valence-corrected chi connectivity index (χ0v) is 17.9. The Morgan fingerprint density at radius 3 is 2.66 bits per heavy atom. The monoisotopic (exact) mass is 432 g/mol. The average Bonchev–Trinajstić information content (AvgIpc) is 2.77. The van der Waals surface area contributed by atoms with E-state index in [0.717, 1.165) is 11.3 Å². The number of benzene rings is 2. The Labute approximate surface area is 180 Å². The summed E-state index contributed by atoms with van der Waals surface area (Å²) in [5.41, 5.74) is 1.42. The number of thioether (sulfide) groups is 1. The molecule has 3 rings (SSSR count). The molecule has 7 heteroatoms. The molecule has 1 saturated heterocycles. The molecule has 1 fully saturated rings. The second kappa shape index (κ2) is 10.7. The maximum Gasteiger partial charge on any atom is 0.253 e. The first-order valence-electron chi connectivity index (χ1n) is 9.60. The van der Waals surface area contributed by atoms with Crippen molar-refractivity contribution >= 4 is 35.2 Å². The second-order valence-electron chi connectivity index (χ2n) is 6.84. The Morgan fingerprint density at radius 2 is 1.93 bits per heavy atom. The van der Waals surface area contributed by atoms with E-state index in [1.54, 1.807) is 40.9 Å². The number of carbonyl (C=O) groups excluding carboxylic acids is 2. The molecule has 2 atom stereocenters. The molecule has 1 heterocycles. The molecule has 154 valence electrons. The van der Waals surface area contributed by atoms with E-state index in [2.05, 4.69) is 5.32 Å². The van der Waals surface area contributed by atoms with E-state index in [4.69, 9.17) is 16.3 Å². The molecule has 29 heavy (non-hydrogen) atoms. The van der Waals surface area contributed by atoms with Crippen molar-refractivity contribution in [2.45, 2.75) is 18.6 Å². The Balaban J connectivity index is 1.71. The van der Waals surface area contributed by atoms with Crippen molar-refractivity contribution in [2.24, 2.45) is 0 Å². The molecular formula is C22H25ClN2O3S. The lowest BCUT2D eigenvalue weighted by Gasteiger charge is -2.35. The predicted molar refractivity (Wildman–Crippen MR) is 117 cm³/mol. The fraction of sp³-hybridized carbons (Fsp3) is 0.364. The Bertz CT molecular complexity index is 834. The van der Waals surface area contributed by atoms with Crippen LogP contribution in [-0.4, -0.2) is 54.5 Å². The molecule has 1 aliphatic heterocycles. The quantitative estimate of drug-likeness (QED) is 0.723. The van der Waals surface area contributed by atoms with Gasteiger partial charge >= 0.3 is 0 Å². The van der Waals surface area contributed by atoms with Crippen molar-refractivity contribution in [3.05, 3.63) is 70.7 Å². The number of nitrogens with zero attached hydrogens (tertiary/aromatic N) is 1. The first-order chi connectivity index (χ1) is 14.1. The summed E-state index contributed by atoms with van der Waals surface area (Å²) in [6, 6.07) is 16.1. The lowest BCUT2D eigenvalue weighted by atomic mass is 10.1. The highest BCUT2D eigenvalue weighted by Gasteiger charge is 2.31. The standard InChI is InChI=1S/C22H25ClN2O3S/c1-29-14-11-19(24-21(26)17-9-5-6-10-18(17)23)22(27)25-12-13-28-20(15-25)16-7-3-2-4-8-16/h2-10,19-20H,11-15H2,1H3,(H,24,26). The van der Waals surface area contributed by atoms with Crippen LogP contribution in [-0.2, 0) is 9.53 Å². The minimum Gasteiger partial charge on any atom is -0.370 e. The normalized spacial score (nSPS) is 17.6. The van der Waals surface area contributed by atoms with Crippen molar-refractivity contribution in [1.29, 1.82) is 0 Å². The number of halogens is 1. The maximum absolute atomic E-state index is 13.2. The molecule has 2 aromatic rings. The van der Waals surface area contributed by atoms with Crippen LogP contribution in [0.25, 0.3) is 0 Å². The van der Waals surface area contributed by atoms with Gasteiger partial charge in [-0.1, -0.05) is 54.1 Å². The van der Waals surface area contributed by atoms with E-state index >= 15 is 0 Å². The van der Waals surface area contributed by atoms with Crippen LogP contribution >= 0.6 is 23.4 Å². The third kappa shape index (κ3) is 5.75. The molecule has 1 aliphatic rings. The summed E-state index contributed by atoms with van der Waals surface area (Å²) in [6.07, 6.45) is 2.38. The first-order valence-corrected chi connectivity index (χ1v) is 11.4. The van der Waals surface area contributed by atoms with Crippen molar-refractivity contribution < 1.29 is 14.3 Å². The van der Waals surface area contributed by atoms with Gasteiger partial charge < -0.3 is 15.0 Å². The second-order valence-corrected chi connectivity index (χ2v) is 8.23. The van der Waals surface area contributed by atoms with Gasteiger partial charge in [-0.3, -0.25) is 9.59 Å². The number of carbonyl (C=O) groups is 2. The number of nitrogens with one attached hydrogen (secondary N) is 1. The van der Waals surface area contributed by atoms with Crippen molar-refractivity contribution in [2.75, 3.05) is 31.7 Å². The van der Waals surface area contributed by atoms with Crippen LogP contribution in [0.4, 0.5) is 0 Å². The number of hydrogen-bond acceptors (Lipinski definition) is 4. The van der Waals surface area contributed by atoms with E-state index in [0.29, 0.717) is 36.7 Å². The molecule has 0 aromatic heterocycles. The molecule has 0 bridgehead atoms. The summed E-state index contributed by atoms with van der Waals surface area (Å²) in [5, 5.41) is 3.26. The van der Waals surface area contributed by atoms with Crippen LogP contribution in [0.5, 0.6) is 0 Å². The molecule has 0 aliphatic carbocycles. The Morgan fingerprint density at radius 1 is 1.21 bits per heavy atom. The van der Waals surface area contributed by atoms with Gasteiger partial charge in [0, 0.05) is 6.54 Å². The van der Waals surface area contributed by atoms with E-state index in [1.165, 1.54) is 0 Å². The molecule has 5 nitrogen and oxygen atoms in total. The van der Waals surface area contributed by atoms with Crippen LogP contribution in [0, 0.1) is 0 Å². The van der Waals surface area contributed by atoms with Crippen molar-refractivity contribution in [3.8, 4) is 0 Å². The number of amides is 2. The zero-order chi connectivity index (χ0) is 20.6. The van der Waals surface area contributed by atoms with E-state index < -0.39 is 6.04 Å². The van der Waals surface area contributed by atoms with E-state index in [1.807, 2.05) is 36.6 Å². The molecule has 0 spiro atoms. The molecule has 1 N–H and O–H groups in total. The number of rotatable bonds is 7. The third-order valence-corrected chi connectivity index (χ3v) is 5.86. The van der Waals surface area contributed by atoms with Gasteiger partial charge in [0.2, 0.25) is 5.91 Å².